The molecule has 0 amide bonds. The third-order valence-electron chi connectivity index (χ3n) is 7.72. The molecule has 1 aliphatic carbocycles. The fourth-order valence-electron chi connectivity index (χ4n) is 5.36. The SMILES string of the molecule is CC1=C(/C=C\C=C\N(c2ccccc2)c2ccc(N(C)c3ccc4cc5ccccc5cc4c3)cc2)CCC=C1. The van der Waals surface area contributed by atoms with Crippen LogP contribution in [0.5, 0.6) is 0 Å². The Hall–Kier alpha value is -4.82. The van der Waals surface area contributed by atoms with Gasteiger partial charge in [-0.05, 0) is 119 Å². The van der Waals surface area contributed by atoms with Crippen LogP contribution in [0, 0.1) is 0 Å². The zero-order valence-corrected chi connectivity index (χ0v) is 23.2. The van der Waals surface area contributed by atoms with Gasteiger partial charge in [0.2, 0.25) is 0 Å². The molecule has 196 valence electrons. The Labute approximate surface area is 237 Å². The minimum absolute atomic E-state index is 1.11. The van der Waals surface area contributed by atoms with Crippen molar-refractivity contribution in [2.24, 2.45) is 0 Å². The Bertz CT molecular complexity index is 1760. The van der Waals surface area contributed by atoms with E-state index in [1.165, 1.54) is 38.4 Å². The van der Waals surface area contributed by atoms with Gasteiger partial charge in [-0.3, -0.25) is 0 Å². The molecule has 0 heterocycles. The number of para-hydroxylation sites is 1. The van der Waals surface area contributed by atoms with Crippen molar-refractivity contribution in [2.45, 2.75) is 19.8 Å². The molecule has 0 bridgehead atoms. The van der Waals surface area contributed by atoms with E-state index in [-0.39, 0.29) is 0 Å². The molecule has 0 unspecified atom stereocenters. The van der Waals surface area contributed by atoms with Crippen molar-refractivity contribution in [1.82, 2.24) is 0 Å². The lowest BCUT2D eigenvalue weighted by molar-refractivity contribution is 0.969. The standard InChI is InChI=1S/C38H34N2/c1-29-12-6-7-13-30(29)14-10-11-25-40(36-17-4-3-5-18-36)37-23-21-35(22-24-37)39(2)38-20-19-33-26-31-15-8-9-16-32(31)27-34(33)28-38/h3-6,8-12,14-28H,7,13H2,1-2H3/b14-10-,25-11+. The van der Waals surface area contributed by atoms with Gasteiger partial charge < -0.3 is 9.80 Å². The van der Waals surface area contributed by atoms with Crippen LogP contribution in [0.2, 0.25) is 0 Å². The van der Waals surface area contributed by atoms with Crippen molar-refractivity contribution < 1.29 is 0 Å². The molecule has 0 saturated carbocycles. The zero-order chi connectivity index (χ0) is 27.3. The first-order valence-electron chi connectivity index (χ1n) is 14.0. The predicted molar refractivity (Wildman–Crippen MR) is 174 cm³/mol. The summed E-state index contributed by atoms with van der Waals surface area (Å²) in [6.07, 6.45) is 15.4. The van der Waals surface area contributed by atoms with Crippen LogP contribution < -0.4 is 9.80 Å². The summed E-state index contributed by atoms with van der Waals surface area (Å²) in [5.41, 5.74) is 7.33. The summed E-state index contributed by atoms with van der Waals surface area (Å²) in [5.74, 6) is 0. The molecule has 0 saturated heterocycles. The second kappa shape index (κ2) is 11.5. The first-order valence-corrected chi connectivity index (χ1v) is 14.0. The molecule has 5 aromatic carbocycles. The van der Waals surface area contributed by atoms with Gasteiger partial charge in [-0.2, -0.15) is 0 Å². The van der Waals surface area contributed by atoms with E-state index in [1.807, 2.05) is 0 Å². The molecule has 0 atom stereocenters. The van der Waals surface area contributed by atoms with Crippen molar-refractivity contribution in [2.75, 3.05) is 16.8 Å². The lowest BCUT2D eigenvalue weighted by Crippen LogP contribution is -2.11. The number of allylic oxidation sites excluding steroid dienone is 7. The van der Waals surface area contributed by atoms with E-state index in [1.54, 1.807) is 0 Å². The molecule has 0 radical (unpaired) electrons. The molecular formula is C38H34N2. The van der Waals surface area contributed by atoms with Crippen LogP contribution in [0.4, 0.5) is 22.7 Å². The first kappa shape index (κ1) is 25.5. The summed E-state index contributed by atoms with van der Waals surface area (Å²) in [6.45, 7) is 2.19. The van der Waals surface area contributed by atoms with Crippen molar-refractivity contribution >= 4 is 44.3 Å². The van der Waals surface area contributed by atoms with E-state index >= 15 is 0 Å². The normalized spacial score (nSPS) is 13.7. The van der Waals surface area contributed by atoms with Crippen LogP contribution in [-0.4, -0.2) is 7.05 Å². The molecule has 2 nitrogen and oxygen atoms in total. The molecule has 6 rings (SSSR count). The Balaban J connectivity index is 1.25. The molecular weight excluding hydrogens is 484 g/mol. The molecule has 2 heteroatoms. The van der Waals surface area contributed by atoms with E-state index in [0.29, 0.717) is 0 Å². The van der Waals surface area contributed by atoms with Gasteiger partial charge in [-0.25, -0.2) is 0 Å². The highest BCUT2D eigenvalue weighted by Crippen LogP contribution is 2.32. The summed E-state index contributed by atoms with van der Waals surface area (Å²) in [6, 6.07) is 39.1. The van der Waals surface area contributed by atoms with Gasteiger partial charge in [0, 0.05) is 36.0 Å². The van der Waals surface area contributed by atoms with E-state index < -0.39 is 0 Å². The number of benzene rings is 5. The summed E-state index contributed by atoms with van der Waals surface area (Å²) >= 11 is 0. The Morgan fingerprint density at radius 3 is 1.98 bits per heavy atom. The predicted octanol–water partition coefficient (Wildman–Crippen LogP) is 10.6. The summed E-state index contributed by atoms with van der Waals surface area (Å²) in [5, 5.41) is 5.06. The molecule has 1 aliphatic rings. The smallest absolute Gasteiger partial charge is 0.0456 e. The molecule has 0 fully saturated rings. The zero-order valence-electron chi connectivity index (χ0n) is 23.2. The maximum Gasteiger partial charge on any atom is 0.0456 e. The van der Waals surface area contributed by atoms with E-state index in [0.717, 1.165) is 29.9 Å². The quantitative estimate of drug-likeness (QED) is 0.156. The number of nitrogens with zero attached hydrogens (tertiary/aromatic N) is 2. The second-order valence-electron chi connectivity index (χ2n) is 10.4. The van der Waals surface area contributed by atoms with E-state index in [9.17, 15) is 0 Å². The third kappa shape index (κ3) is 5.48. The molecule has 40 heavy (non-hydrogen) atoms. The topological polar surface area (TPSA) is 6.48 Å². The molecule has 0 aromatic heterocycles. The average molecular weight is 519 g/mol. The Kier molecular flexibility index (Phi) is 7.32. The van der Waals surface area contributed by atoms with Gasteiger partial charge in [0.15, 0.2) is 0 Å². The van der Waals surface area contributed by atoms with Crippen molar-refractivity contribution in [1.29, 1.82) is 0 Å². The fourth-order valence-corrected chi connectivity index (χ4v) is 5.36. The van der Waals surface area contributed by atoms with Gasteiger partial charge in [-0.15, -0.1) is 0 Å². The van der Waals surface area contributed by atoms with E-state index in [4.69, 9.17) is 0 Å². The van der Waals surface area contributed by atoms with Crippen molar-refractivity contribution in [3.05, 3.63) is 157 Å². The fraction of sp³-hybridized carbons (Fsp3) is 0.105. The van der Waals surface area contributed by atoms with Gasteiger partial charge >= 0.3 is 0 Å². The highest BCUT2D eigenvalue weighted by Gasteiger charge is 2.10. The maximum atomic E-state index is 2.28. The highest BCUT2D eigenvalue weighted by molar-refractivity contribution is 5.99. The summed E-state index contributed by atoms with van der Waals surface area (Å²) in [7, 11) is 2.13. The first-order chi connectivity index (χ1) is 19.7. The number of hydrogen-bond donors (Lipinski definition) is 0. The number of rotatable bonds is 7. The van der Waals surface area contributed by atoms with Crippen LogP contribution in [0.1, 0.15) is 19.8 Å². The minimum atomic E-state index is 1.11. The Morgan fingerprint density at radius 2 is 1.23 bits per heavy atom. The van der Waals surface area contributed by atoms with Gasteiger partial charge in [-0.1, -0.05) is 72.8 Å². The van der Waals surface area contributed by atoms with Crippen molar-refractivity contribution in [3.63, 3.8) is 0 Å². The molecule has 0 spiro atoms. The summed E-state index contributed by atoms with van der Waals surface area (Å²) in [4.78, 5) is 4.48. The second-order valence-corrected chi connectivity index (χ2v) is 10.4. The molecule has 0 aliphatic heterocycles. The molecule has 5 aromatic rings. The van der Waals surface area contributed by atoms with E-state index in [2.05, 4.69) is 170 Å². The van der Waals surface area contributed by atoms with Crippen molar-refractivity contribution in [3.8, 4) is 0 Å². The van der Waals surface area contributed by atoms with Crippen LogP contribution >= 0.6 is 0 Å². The largest absolute Gasteiger partial charge is 0.345 e. The Morgan fingerprint density at radius 1 is 0.600 bits per heavy atom. The van der Waals surface area contributed by atoms with Crippen LogP contribution in [0.25, 0.3) is 21.5 Å². The van der Waals surface area contributed by atoms with Gasteiger partial charge in [0.25, 0.3) is 0 Å². The average Bonchev–Trinajstić information content (AvgIpc) is 3.01. The molecule has 0 N–H and O–H groups in total. The van der Waals surface area contributed by atoms with Crippen LogP contribution in [0.15, 0.2) is 157 Å². The number of fused-ring (bicyclic) bond motifs is 2. The van der Waals surface area contributed by atoms with Gasteiger partial charge in [0.05, 0.1) is 0 Å². The highest BCUT2D eigenvalue weighted by atomic mass is 15.1. The number of anilines is 4. The number of hydrogen-bond acceptors (Lipinski definition) is 2. The monoisotopic (exact) mass is 518 g/mol. The summed E-state index contributed by atoms with van der Waals surface area (Å²) < 4.78 is 0. The maximum absolute atomic E-state index is 2.28. The van der Waals surface area contributed by atoms with Gasteiger partial charge in [0.1, 0.15) is 0 Å². The minimum Gasteiger partial charge on any atom is -0.345 e. The lowest BCUT2D eigenvalue weighted by atomic mass is 9.98. The lowest BCUT2D eigenvalue weighted by Gasteiger charge is -2.24. The third-order valence-corrected chi connectivity index (χ3v) is 7.72. The van der Waals surface area contributed by atoms with Crippen LogP contribution in [0.3, 0.4) is 0 Å². The van der Waals surface area contributed by atoms with Crippen LogP contribution in [-0.2, 0) is 0 Å².